The first-order valence-corrected chi connectivity index (χ1v) is 4.87. The van der Waals surface area contributed by atoms with E-state index in [-0.39, 0.29) is 5.78 Å². The van der Waals surface area contributed by atoms with Crippen molar-refractivity contribution in [3.05, 3.63) is 11.9 Å². The lowest BCUT2D eigenvalue weighted by atomic mass is 10.3. The van der Waals surface area contributed by atoms with Crippen LogP contribution in [0.2, 0.25) is 0 Å². The van der Waals surface area contributed by atoms with E-state index in [0.717, 1.165) is 17.4 Å². The average Bonchev–Trinajstić information content (AvgIpc) is 2.44. The topological polar surface area (TPSA) is 48.3 Å². The molecule has 0 spiro atoms. The molecule has 80 valence electrons. The molecule has 0 fully saturated rings. The Morgan fingerprint density at radius 1 is 1.53 bits per heavy atom. The number of aliphatic imine (C=N–C) groups is 2. The lowest BCUT2D eigenvalue weighted by molar-refractivity contribution is -0.117. The maximum absolute atomic E-state index is 11.0. The summed E-state index contributed by atoms with van der Waals surface area (Å²) in [4.78, 5) is 23.6. The predicted molar refractivity (Wildman–Crippen MR) is 58.6 cm³/mol. The number of fused-ring (bicyclic) bond motifs is 1. The van der Waals surface area contributed by atoms with Gasteiger partial charge < -0.3 is 9.80 Å². The molecule has 0 aromatic rings. The molecule has 0 amide bonds. The van der Waals surface area contributed by atoms with E-state index in [1.807, 2.05) is 30.0 Å². The first-order chi connectivity index (χ1) is 7.06. The van der Waals surface area contributed by atoms with Crippen molar-refractivity contribution in [3.63, 3.8) is 0 Å². The van der Waals surface area contributed by atoms with Crippen LogP contribution in [0.1, 0.15) is 13.8 Å². The van der Waals surface area contributed by atoms with Gasteiger partial charge in [0.15, 0.2) is 5.84 Å². The van der Waals surface area contributed by atoms with Crippen LogP contribution in [0.15, 0.2) is 21.9 Å². The fraction of sp³-hybridized carbons (Fsp3) is 0.500. The Kier molecular flexibility index (Phi) is 2.30. The third-order valence-corrected chi connectivity index (χ3v) is 2.27. The number of Topliss-reactive ketones (excluding diaryl/α,β-unsaturated/α-hetero) is 1. The Bertz CT molecular complexity index is 394. The Morgan fingerprint density at radius 2 is 2.27 bits per heavy atom. The molecule has 15 heavy (non-hydrogen) atoms. The Balaban J connectivity index is 2.23. The smallest absolute Gasteiger partial charge is 0.159 e. The van der Waals surface area contributed by atoms with E-state index >= 15 is 0 Å². The van der Waals surface area contributed by atoms with Gasteiger partial charge in [-0.15, -0.1) is 0 Å². The normalized spacial score (nSPS) is 19.5. The summed E-state index contributed by atoms with van der Waals surface area (Å²) in [6.45, 7) is 4.57. The van der Waals surface area contributed by atoms with Crippen molar-refractivity contribution in [3.8, 4) is 0 Å². The van der Waals surface area contributed by atoms with Gasteiger partial charge in [0.05, 0.1) is 13.2 Å². The summed E-state index contributed by atoms with van der Waals surface area (Å²) >= 11 is 0. The van der Waals surface area contributed by atoms with Gasteiger partial charge in [0.2, 0.25) is 0 Å². The molecule has 5 nitrogen and oxygen atoms in total. The zero-order valence-electron chi connectivity index (χ0n) is 9.19. The molecule has 0 saturated heterocycles. The fourth-order valence-electron chi connectivity index (χ4n) is 1.76. The monoisotopic (exact) mass is 206 g/mol. The van der Waals surface area contributed by atoms with Gasteiger partial charge in [-0.3, -0.25) is 4.79 Å². The van der Waals surface area contributed by atoms with E-state index in [1.165, 1.54) is 0 Å². The zero-order valence-corrected chi connectivity index (χ0v) is 9.19. The highest BCUT2D eigenvalue weighted by molar-refractivity contribution is 6.11. The van der Waals surface area contributed by atoms with Crippen LogP contribution in [0, 0.1) is 0 Å². The van der Waals surface area contributed by atoms with E-state index in [2.05, 4.69) is 9.98 Å². The zero-order chi connectivity index (χ0) is 11.0. The van der Waals surface area contributed by atoms with Crippen molar-refractivity contribution < 1.29 is 4.79 Å². The van der Waals surface area contributed by atoms with Gasteiger partial charge in [0.1, 0.15) is 17.3 Å². The van der Waals surface area contributed by atoms with Crippen LogP contribution in [0.3, 0.4) is 0 Å². The Hall–Kier alpha value is -1.65. The fourth-order valence-corrected chi connectivity index (χ4v) is 1.76. The SMILES string of the molecule is CC(=O)CN1C=C2N=C(C)N=C2N(C)C1. The third-order valence-electron chi connectivity index (χ3n) is 2.27. The number of ketones is 1. The van der Waals surface area contributed by atoms with Crippen molar-refractivity contribution in [1.82, 2.24) is 9.80 Å². The maximum atomic E-state index is 11.0. The van der Waals surface area contributed by atoms with E-state index in [9.17, 15) is 4.79 Å². The molecule has 2 heterocycles. The van der Waals surface area contributed by atoms with Crippen LogP contribution < -0.4 is 0 Å². The number of hydrogen-bond donors (Lipinski definition) is 0. The molecule has 2 aliphatic rings. The number of hydrogen-bond acceptors (Lipinski definition) is 5. The van der Waals surface area contributed by atoms with Crippen LogP contribution >= 0.6 is 0 Å². The van der Waals surface area contributed by atoms with Crippen LogP contribution in [0.25, 0.3) is 0 Å². The van der Waals surface area contributed by atoms with Gasteiger partial charge in [-0.1, -0.05) is 0 Å². The van der Waals surface area contributed by atoms with E-state index in [1.54, 1.807) is 6.92 Å². The largest absolute Gasteiger partial charge is 0.350 e. The number of carbonyl (C=O) groups excluding carboxylic acids is 1. The van der Waals surface area contributed by atoms with Crippen molar-refractivity contribution in [2.75, 3.05) is 20.3 Å². The summed E-state index contributed by atoms with van der Waals surface area (Å²) in [5.74, 6) is 1.82. The standard InChI is InChI=1S/C10H14N4O/c1-7(15)4-14-5-9-10(13(3)6-14)12-8(2)11-9/h5H,4,6H2,1-3H3. The maximum Gasteiger partial charge on any atom is 0.159 e. The highest BCUT2D eigenvalue weighted by Crippen LogP contribution is 2.18. The van der Waals surface area contributed by atoms with E-state index in [4.69, 9.17) is 0 Å². The molecule has 0 saturated carbocycles. The molecule has 0 bridgehead atoms. The minimum absolute atomic E-state index is 0.152. The van der Waals surface area contributed by atoms with Gasteiger partial charge in [0.25, 0.3) is 0 Å². The number of nitrogens with zero attached hydrogens (tertiary/aromatic N) is 4. The van der Waals surface area contributed by atoms with Crippen LogP contribution in [0.4, 0.5) is 0 Å². The first-order valence-electron chi connectivity index (χ1n) is 4.87. The minimum Gasteiger partial charge on any atom is -0.350 e. The molecule has 0 N–H and O–H groups in total. The number of likely N-dealkylation sites (N-methyl/N-ethyl adjacent to an activating group) is 1. The van der Waals surface area contributed by atoms with Gasteiger partial charge in [-0.05, 0) is 13.8 Å². The number of rotatable bonds is 2. The lowest BCUT2D eigenvalue weighted by Crippen LogP contribution is -2.42. The van der Waals surface area contributed by atoms with Gasteiger partial charge in [-0.2, -0.15) is 0 Å². The first kappa shape index (κ1) is 9.89. The Morgan fingerprint density at radius 3 is 2.93 bits per heavy atom. The highest BCUT2D eigenvalue weighted by atomic mass is 16.1. The molecular formula is C10H14N4O. The number of amidine groups is 2. The third kappa shape index (κ3) is 1.91. The molecule has 0 unspecified atom stereocenters. The molecule has 0 aromatic heterocycles. The van der Waals surface area contributed by atoms with Crippen LogP contribution in [-0.2, 0) is 4.79 Å². The predicted octanol–water partition coefficient (Wildman–Crippen LogP) is 0.452. The lowest BCUT2D eigenvalue weighted by Gasteiger charge is -2.31. The molecule has 0 atom stereocenters. The summed E-state index contributed by atoms with van der Waals surface area (Å²) in [5.41, 5.74) is 0.850. The van der Waals surface area contributed by atoms with Crippen molar-refractivity contribution in [2.45, 2.75) is 13.8 Å². The molecular weight excluding hydrogens is 192 g/mol. The Labute approximate surface area is 88.8 Å². The average molecular weight is 206 g/mol. The van der Waals surface area contributed by atoms with E-state index in [0.29, 0.717) is 13.2 Å². The summed E-state index contributed by atoms with van der Waals surface area (Å²) in [6, 6.07) is 0. The van der Waals surface area contributed by atoms with Crippen molar-refractivity contribution in [2.24, 2.45) is 9.98 Å². The second-order valence-electron chi connectivity index (χ2n) is 3.90. The summed E-state index contributed by atoms with van der Waals surface area (Å²) < 4.78 is 0. The van der Waals surface area contributed by atoms with E-state index < -0.39 is 0 Å². The summed E-state index contributed by atoms with van der Waals surface area (Å²) in [7, 11) is 1.95. The molecule has 0 aliphatic carbocycles. The molecule has 0 aromatic carbocycles. The molecule has 0 radical (unpaired) electrons. The molecule has 2 aliphatic heterocycles. The van der Waals surface area contributed by atoms with Crippen molar-refractivity contribution in [1.29, 1.82) is 0 Å². The quantitative estimate of drug-likeness (QED) is 0.659. The minimum atomic E-state index is 0.152. The second-order valence-corrected chi connectivity index (χ2v) is 3.90. The number of carbonyl (C=O) groups is 1. The second kappa shape index (κ2) is 3.49. The van der Waals surface area contributed by atoms with Crippen molar-refractivity contribution >= 4 is 17.5 Å². The molecule has 2 rings (SSSR count). The van der Waals surface area contributed by atoms with Gasteiger partial charge in [0, 0.05) is 13.2 Å². The van der Waals surface area contributed by atoms with Crippen LogP contribution in [0.5, 0.6) is 0 Å². The van der Waals surface area contributed by atoms with Crippen LogP contribution in [-0.4, -0.2) is 47.5 Å². The van der Waals surface area contributed by atoms with Gasteiger partial charge >= 0.3 is 0 Å². The molecule has 5 heteroatoms. The highest BCUT2D eigenvalue weighted by Gasteiger charge is 2.24. The summed E-state index contributed by atoms with van der Waals surface area (Å²) in [5, 5.41) is 0. The summed E-state index contributed by atoms with van der Waals surface area (Å²) in [6.07, 6.45) is 1.90. The van der Waals surface area contributed by atoms with Gasteiger partial charge in [-0.25, -0.2) is 9.98 Å².